The highest BCUT2D eigenvalue weighted by atomic mass is 16.7. The first kappa shape index (κ1) is 13.6. The summed E-state index contributed by atoms with van der Waals surface area (Å²) in [5.41, 5.74) is 0. The van der Waals surface area contributed by atoms with Crippen LogP contribution in [0.4, 0.5) is 0 Å². The molecule has 0 aromatic carbocycles. The molecule has 0 radical (unpaired) electrons. The van der Waals surface area contributed by atoms with E-state index in [2.05, 4.69) is 6.92 Å². The number of hydrogen-bond acceptors (Lipinski definition) is 3. The molecule has 0 bridgehead atoms. The van der Waals surface area contributed by atoms with Gasteiger partial charge in [-0.05, 0) is 0 Å². The highest BCUT2D eigenvalue weighted by molar-refractivity contribution is 5.49. The maximum Gasteiger partial charge on any atom is 0.168 e. The number of ether oxygens (including phenoxy) is 2. The molecule has 0 aromatic rings. The number of carbonyl (C=O) groups excluding carboxylic acids is 1. The third kappa shape index (κ3) is 4.20. The van der Waals surface area contributed by atoms with Crippen LogP contribution in [-0.2, 0) is 14.3 Å². The Hall–Kier alpha value is -0.410. The van der Waals surface area contributed by atoms with Crippen molar-refractivity contribution in [2.24, 2.45) is 0 Å². The van der Waals surface area contributed by atoms with Crippen LogP contribution in [0.2, 0.25) is 0 Å². The van der Waals surface area contributed by atoms with Gasteiger partial charge in [0.25, 0.3) is 0 Å². The van der Waals surface area contributed by atoms with Gasteiger partial charge in [0.05, 0.1) is 13.2 Å². The first-order chi connectivity index (χ1) is 6.83. The predicted octanol–water partition coefficient (Wildman–Crippen LogP) is 2.53. The van der Waals surface area contributed by atoms with Crippen molar-refractivity contribution in [2.75, 3.05) is 13.2 Å². The van der Waals surface area contributed by atoms with Crippen molar-refractivity contribution in [1.29, 1.82) is 0 Å². The molecule has 1 aliphatic rings. The second-order valence-corrected chi connectivity index (χ2v) is 3.06. The molecule has 0 saturated carbocycles. The van der Waals surface area contributed by atoms with Crippen molar-refractivity contribution < 1.29 is 14.3 Å². The molecular weight excluding hydrogens is 180 g/mol. The highest BCUT2D eigenvalue weighted by Gasteiger charge is 2.34. The van der Waals surface area contributed by atoms with E-state index in [1.807, 2.05) is 13.8 Å². The minimum atomic E-state index is -0.435. The van der Waals surface area contributed by atoms with E-state index in [4.69, 9.17) is 9.47 Å². The van der Waals surface area contributed by atoms with Crippen molar-refractivity contribution in [3.8, 4) is 0 Å². The summed E-state index contributed by atoms with van der Waals surface area (Å²) < 4.78 is 11.0. The molecule has 0 spiro atoms. The summed E-state index contributed by atoms with van der Waals surface area (Å²) in [6.45, 7) is 7.42. The smallest absolute Gasteiger partial charge is 0.168 e. The fourth-order valence-electron chi connectivity index (χ4n) is 1.57. The Kier molecular flexibility index (Phi) is 7.71. The van der Waals surface area contributed by atoms with Gasteiger partial charge in [-0.3, -0.25) is 0 Å². The molecule has 1 aliphatic heterocycles. The maximum absolute atomic E-state index is 10.2. The number of carbonyl (C=O) groups is 1. The Labute approximate surface area is 86.8 Å². The summed E-state index contributed by atoms with van der Waals surface area (Å²) in [5, 5.41) is 0. The molecule has 1 rings (SSSR count). The predicted molar refractivity (Wildman–Crippen MR) is 56.2 cm³/mol. The van der Waals surface area contributed by atoms with E-state index in [0.29, 0.717) is 26.1 Å². The Morgan fingerprint density at radius 2 is 1.79 bits per heavy atom. The molecule has 84 valence electrons. The van der Waals surface area contributed by atoms with Crippen LogP contribution >= 0.6 is 0 Å². The topological polar surface area (TPSA) is 35.5 Å². The van der Waals surface area contributed by atoms with Gasteiger partial charge >= 0.3 is 0 Å². The normalized spacial score (nSPS) is 18.5. The van der Waals surface area contributed by atoms with E-state index < -0.39 is 5.79 Å². The van der Waals surface area contributed by atoms with Gasteiger partial charge in [0.1, 0.15) is 6.29 Å². The zero-order chi connectivity index (χ0) is 10.9. The average Bonchev–Trinajstić information content (AvgIpc) is 2.68. The molecule has 14 heavy (non-hydrogen) atoms. The lowest BCUT2D eigenvalue weighted by atomic mass is 10.1. The van der Waals surface area contributed by atoms with Crippen molar-refractivity contribution in [1.82, 2.24) is 0 Å². The van der Waals surface area contributed by atoms with Gasteiger partial charge in [-0.15, -0.1) is 0 Å². The minimum absolute atomic E-state index is 0.435. The Morgan fingerprint density at radius 1 is 1.21 bits per heavy atom. The molecule has 0 N–H and O–H groups in total. The summed E-state index contributed by atoms with van der Waals surface area (Å²) in [5.74, 6) is -0.435. The lowest BCUT2D eigenvalue weighted by molar-refractivity contribution is -0.168. The monoisotopic (exact) mass is 202 g/mol. The third-order valence-corrected chi connectivity index (χ3v) is 2.09. The number of aldehydes is 1. The van der Waals surface area contributed by atoms with Gasteiger partial charge in [0.2, 0.25) is 0 Å². The molecule has 1 saturated heterocycles. The average molecular weight is 202 g/mol. The molecule has 0 aromatic heterocycles. The third-order valence-electron chi connectivity index (χ3n) is 2.09. The van der Waals surface area contributed by atoms with E-state index in [9.17, 15) is 4.79 Å². The highest BCUT2D eigenvalue weighted by Crippen LogP contribution is 2.29. The summed E-state index contributed by atoms with van der Waals surface area (Å²) >= 11 is 0. The Bertz CT molecular complexity index is 139. The quantitative estimate of drug-likeness (QED) is 0.643. The van der Waals surface area contributed by atoms with E-state index in [-0.39, 0.29) is 0 Å². The lowest BCUT2D eigenvalue weighted by Crippen LogP contribution is -2.29. The molecule has 1 fully saturated rings. The van der Waals surface area contributed by atoms with Crippen LogP contribution in [0.5, 0.6) is 0 Å². The van der Waals surface area contributed by atoms with E-state index >= 15 is 0 Å². The zero-order valence-electron chi connectivity index (χ0n) is 9.54. The largest absolute Gasteiger partial charge is 0.348 e. The van der Waals surface area contributed by atoms with Gasteiger partial charge in [0, 0.05) is 19.3 Å². The van der Waals surface area contributed by atoms with Crippen LogP contribution in [-0.4, -0.2) is 25.3 Å². The van der Waals surface area contributed by atoms with Gasteiger partial charge in [-0.2, -0.15) is 0 Å². The molecule has 0 atom stereocenters. The van der Waals surface area contributed by atoms with E-state index in [1.165, 1.54) is 0 Å². The van der Waals surface area contributed by atoms with Crippen molar-refractivity contribution in [2.45, 2.75) is 52.2 Å². The molecule has 3 nitrogen and oxygen atoms in total. The minimum Gasteiger partial charge on any atom is -0.348 e. The molecule has 0 unspecified atom stereocenters. The van der Waals surface area contributed by atoms with Crippen molar-refractivity contribution in [3.05, 3.63) is 0 Å². The first-order valence-electron chi connectivity index (χ1n) is 5.54. The van der Waals surface area contributed by atoms with Crippen LogP contribution < -0.4 is 0 Å². The van der Waals surface area contributed by atoms with Gasteiger partial charge in [-0.25, -0.2) is 0 Å². The van der Waals surface area contributed by atoms with Crippen LogP contribution in [0.3, 0.4) is 0 Å². The fraction of sp³-hybridized carbons (Fsp3) is 0.909. The van der Waals surface area contributed by atoms with E-state index in [0.717, 1.165) is 19.1 Å². The fourth-order valence-corrected chi connectivity index (χ4v) is 1.57. The lowest BCUT2D eigenvalue weighted by Gasteiger charge is -2.25. The van der Waals surface area contributed by atoms with Gasteiger partial charge < -0.3 is 14.3 Å². The SMILES string of the molecule is CC.CCCC1(CCC=O)OCCO1. The summed E-state index contributed by atoms with van der Waals surface area (Å²) in [7, 11) is 0. The van der Waals surface area contributed by atoms with Crippen LogP contribution in [0.15, 0.2) is 0 Å². The second kappa shape index (κ2) is 7.94. The summed E-state index contributed by atoms with van der Waals surface area (Å²) in [4.78, 5) is 10.2. The number of hydrogen-bond donors (Lipinski definition) is 0. The molecular formula is C11H22O3. The van der Waals surface area contributed by atoms with E-state index in [1.54, 1.807) is 0 Å². The van der Waals surface area contributed by atoms with Gasteiger partial charge in [0.15, 0.2) is 5.79 Å². The van der Waals surface area contributed by atoms with Gasteiger partial charge in [-0.1, -0.05) is 27.2 Å². The van der Waals surface area contributed by atoms with Crippen LogP contribution in [0, 0.1) is 0 Å². The Morgan fingerprint density at radius 3 is 2.21 bits per heavy atom. The molecule has 0 amide bonds. The number of rotatable bonds is 5. The standard InChI is InChI=1S/C9H16O3.C2H6/c1-2-4-9(5-3-6-10)11-7-8-12-9;1-2/h6H,2-5,7-8H2,1H3;1-2H3. The Balaban J connectivity index is 0.000000791. The first-order valence-corrected chi connectivity index (χ1v) is 5.54. The summed E-state index contributed by atoms with van der Waals surface area (Å²) in [6.07, 6.45) is 4.06. The van der Waals surface area contributed by atoms with Crippen molar-refractivity contribution in [3.63, 3.8) is 0 Å². The molecule has 0 aliphatic carbocycles. The summed E-state index contributed by atoms with van der Waals surface area (Å²) in [6, 6.07) is 0. The molecule has 3 heteroatoms. The molecule has 1 heterocycles. The van der Waals surface area contributed by atoms with Crippen LogP contribution in [0.25, 0.3) is 0 Å². The van der Waals surface area contributed by atoms with Crippen molar-refractivity contribution >= 4 is 6.29 Å². The maximum atomic E-state index is 10.2. The zero-order valence-corrected chi connectivity index (χ0v) is 9.54. The van der Waals surface area contributed by atoms with Crippen LogP contribution in [0.1, 0.15) is 46.5 Å². The second-order valence-electron chi connectivity index (χ2n) is 3.06.